The van der Waals surface area contributed by atoms with Gasteiger partial charge in [-0.25, -0.2) is 0 Å². The molecule has 0 aromatic carbocycles. The maximum absolute atomic E-state index is 4.13. The van der Waals surface area contributed by atoms with Crippen molar-refractivity contribution in [1.29, 1.82) is 0 Å². The summed E-state index contributed by atoms with van der Waals surface area (Å²) in [6, 6.07) is 0.586. The van der Waals surface area contributed by atoms with Crippen LogP contribution < -0.4 is 5.32 Å². The fourth-order valence-electron chi connectivity index (χ4n) is 1.61. The van der Waals surface area contributed by atoms with Crippen LogP contribution >= 0.6 is 0 Å². The summed E-state index contributed by atoms with van der Waals surface area (Å²) in [7, 11) is 0. The van der Waals surface area contributed by atoms with Gasteiger partial charge in [0.2, 0.25) is 0 Å². The molecule has 1 rings (SSSR count). The second-order valence-electron chi connectivity index (χ2n) is 4.54. The van der Waals surface area contributed by atoms with Gasteiger partial charge in [0.25, 0.3) is 0 Å². The minimum Gasteiger partial charge on any atom is -0.315 e. The summed E-state index contributed by atoms with van der Waals surface area (Å²) in [5, 5.41) is 11.7. The van der Waals surface area contributed by atoms with Crippen molar-refractivity contribution in [1.82, 2.24) is 20.3 Å². The first-order chi connectivity index (χ1) is 7.72. The number of unbranched alkanes of at least 4 members (excludes halogenated alkanes) is 1. The molecule has 1 N–H and O–H groups in total. The lowest BCUT2D eigenvalue weighted by atomic mass is 10.2. The largest absolute Gasteiger partial charge is 0.315 e. The average Bonchev–Trinajstić information content (AvgIpc) is 2.65. The maximum Gasteiger partial charge on any atom is 0.0827 e. The molecule has 4 nitrogen and oxygen atoms in total. The van der Waals surface area contributed by atoms with Gasteiger partial charge in [0.05, 0.1) is 5.69 Å². The molecule has 0 amide bonds. The van der Waals surface area contributed by atoms with Gasteiger partial charge in [0.15, 0.2) is 0 Å². The molecular formula is C12H24N4. The van der Waals surface area contributed by atoms with E-state index in [9.17, 15) is 0 Å². The summed E-state index contributed by atoms with van der Waals surface area (Å²) in [5.41, 5.74) is 1.11. The summed E-state index contributed by atoms with van der Waals surface area (Å²) in [6.07, 6.45) is 6.60. The Labute approximate surface area is 98.4 Å². The zero-order valence-corrected chi connectivity index (χ0v) is 10.7. The fraction of sp³-hybridized carbons (Fsp3) is 0.833. The van der Waals surface area contributed by atoms with Crippen molar-refractivity contribution in [2.75, 3.05) is 6.54 Å². The van der Waals surface area contributed by atoms with Crippen molar-refractivity contribution < 1.29 is 0 Å². The van der Waals surface area contributed by atoms with Gasteiger partial charge in [0, 0.05) is 18.8 Å². The third kappa shape index (κ3) is 5.26. The van der Waals surface area contributed by atoms with Crippen molar-refractivity contribution in [3.63, 3.8) is 0 Å². The van der Waals surface area contributed by atoms with Gasteiger partial charge in [-0.2, -0.15) is 0 Å². The molecule has 1 aromatic heterocycles. The molecule has 0 bridgehead atoms. The van der Waals surface area contributed by atoms with Crippen LogP contribution in [0.5, 0.6) is 0 Å². The normalized spacial score (nSPS) is 11.2. The Hall–Kier alpha value is -0.900. The van der Waals surface area contributed by atoms with E-state index >= 15 is 0 Å². The van der Waals surface area contributed by atoms with Crippen LogP contribution in [-0.4, -0.2) is 27.6 Å². The van der Waals surface area contributed by atoms with Crippen LogP contribution in [0, 0.1) is 0 Å². The second kappa shape index (κ2) is 7.39. The van der Waals surface area contributed by atoms with E-state index in [4.69, 9.17) is 0 Å². The molecule has 0 saturated carbocycles. The highest BCUT2D eigenvalue weighted by atomic mass is 15.4. The van der Waals surface area contributed by atoms with E-state index in [1.165, 1.54) is 6.42 Å². The number of hydrogen-bond donors (Lipinski definition) is 1. The van der Waals surface area contributed by atoms with E-state index in [1.54, 1.807) is 0 Å². The smallest absolute Gasteiger partial charge is 0.0827 e. The first kappa shape index (κ1) is 13.2. The predicted octanol–water partition coefficient (Wildman–Crippen LogP) is 2.01. The lowest BCUT2D eigenvalue weighted by Crippen LogP contribution is -2.23. The fourth-order valence-corrected chi connectivity index (χ4v) is 1.61. The van der Waals surface area contributed by atoms with Crippen molar-refractivity contribution in [2.24, 2.45) is 0 Å². The Morgan fingerprint density at radius 1 is 1.38 bits per heavy atom. The monoisotopic (exact) mass is 224 g/mol. The molecule has 1 heterocycles. The Bertz CT molecular complexity index is 280. The van der Waals surface area contributed by atoms with Crippen molar-refractivity contribution in [3.8, 4) is 0 Å². The number of nitrogens with one attached hydrogen (secondary N) is 1. The summed E-state index contributed by atoms with van der Waals surface area (Å²) >= 11 is 0. The second-order valence-corrected chi connectivity index (χ2v) is 4.54. The quantitative estimate of drug-likeness (QED) is 0.687. The molecule has 4 heteroatoms. The molecule has 0 radical (unpaired) electrons. The minimum absolute atomic E-state index is 0.586. The Kier molecular flexibility index (Phi) is 6.08. The van der Waals surface area contributed by atoms with Gasteiger partial charge in [0.1, 0.15) is 0 Å². The van der Waals surface area contributed by atoms with Crippen molar-refractivity contribution in [2.45, 2.75) is 59.0 Å². The standard InChI is InChI=1S/C12H24N4/c1-4-7-12-10-16(15-14-12)9-6-5-8-13-11(2)3/h10-11,13H,4-9H2,1-3H3. The molecule has 0 fully saturated rings. The third-order valence-electron chi connectivity index (χ3n) is 2.46. The Morgan fingerprint density at radius 2 is 2.19 bits per heavy atom. The molecule has 0 atom stereocenters. The van der Waals surface area contributed by atoms with Gasteiger partial charge in [-0.1, -0.05) is 32.4 Å². The summed E-state index contributed by atoms with van der Waals surface area (Å²) in [4.78, 5) is 0. The Balaban J connectivity index is 2.12. The van der Waals surface area contributed by atoms with Gasteiger partial charge in [-0.3, -0.25) is 4.68 Å². The topological polar surface area (TPSA) is 42.7 Å². The van der Waals surface area contributed by atoms with E-state index < -0.39 is 0 Å². The number of hydrogen-bond acceptors (Lipinski definition) is 3. The van der Waals surface area contributed by atoms with Crippen LogP contribution in [0.4, 0.5) is 0 Å². The summed E-state index contributed by atoms with van der Waals surface area (Å²) in [5.74, 6) is 0. The maximum atomic E-state index is 4.13. The lowest BCUT2D eigenvalue weighted by molar-refractivity contribution is 0.504. The molecule has 16 heavy (non-hydrogen) atoms. The van der Waals surface area contributed by atoms with Crippen LogP contribution in [0.2, 0.25) is 0 Å². The first-order valence-corrected chi connectivity index (χ1v) is 6.34. The summed E-state index contributed by atoms with van der Waals surface area (Å²) < 4.78 is 1.96. The summed E-state index contributed by atoms with van der Waals surface area (Å²) in [6.45, 7) is 8.59. The highest BCUT2D eigenvalue weighted by Gasteiger charge is 1.99. The zero-order chi connectivity index (χ0) is 11.8. The number of nitrogens with zero attached hydrogens (tertiary/aromatic N) is 3. The average molecular weight is 224 g/mol. The minimum atomic E-state index is 0.586. The molecule has 0 aliphatic rings. The number of aryl methyl sites for hydroxylation is 2. The van der Waals surface area contributed by atoms with Gasteiger partial charge < -0.3 is 5.32 Å². The van der Waals surface area contributed by atoms with Crippen molar-refractivity contribution >= 4 is 0 Å². The van der Waals surface area contributed by atoms with E-state index in [-0.39, 0.29) is 0 Å². The lowest BCUT2D eigenvalue weighted by Gasteiger charge is -2.07. The molecule has 0 saturated heterocycles. The van der Waals surface area contributed by atoms with Crippen molar-refractivity contribution in [3.05, 3.63) is 11.9 Å². The third-order valence-corrected chi connectivity index (χ3v) is 2.46. The van der Waals surface area contributed by atoms with Crippen LogP contribution in [0.3, 0.4) is 0 Å². The van der Waals surface area contributed by atoms with Crippen LogP contribution in [-0.2, 0) is 13.0 Å². The van der Waals surface area contributed by atoms with Gasteiger partial charge in [-0.15, -0.1) is 5.10 Å². The molecule has 92 valence electrons. The molecule has 0 aliphatic heterocycles. The Morgan fingerprint density at radius 3 is 2.88 bits per heavy atom. The molecule has 0 unspecified atom stereocenters. The van der Waals surface area contributed by atoms with Gasteiger partial charge in [-0.05, 0) is 25.8 Å². The number of rotatable bonds is 8. The highest BCUT2D eigenvalue weighted by molar-refractivity contribution is 4.91. The van der Waals surface area contributed by atoms with E-state index in [2.05, 4.69) is 42.6 Å². The molecule has 1 aromatic rings. The molecule has 0 spiro atoms. The van der Waals surface area contributed by atoms with E-state index in [0.29, 0.717) is 6.04 Å². The first-order valence-electron chi connectivity index (χ1n) is 6.34. The molecule has 0 aliphatic carbocycles. The zero-order valence-electron chi connectivity index (χ0n) is 10.7. The number of aromatic nitrogens is 3. The van der Waals surface area contributed by atoms with E-state index in [0.717, 1.165) is 38.0 Å². The van der Waals surface area contributed by atoms with Crippen LogP contribution in [0.15, 0.2) is 6.20 Å². The van der Waals surface area contributed by atoms with Gasteiger partial charge >= 0.3 is 0 Å². The SMILES string of the molecule is CCCc1cn(CCCCNC(C)C)nn1. The predicted molar refractivity (Wildman–Crippen MR) is 66.4 cm³/mol. The van der Waals surface area contributed by atoms with E-state index in [1.807, 2.05) is 4.68 Å². The highest BCUT2D eigenvalue weighted by Crippen LogP contribution is 1.99. The molecular weight excluding hydrogens is 200 g/mol. The van der Waals surface area contributed by atoms with Crippen LogP contribution in [0.1, 0.15) is 45.7 Å². The van der Waals surface area contributed by atoms with Crippen LogP contribution in [0.25, 0.3) is 0 Å².